The van der Waals surface area contributed by atoms with Gasteiger partial charge in [0.15, 0.2) is 0 Å². The summed E-state index contributed by atoms with van der Waals surface area (Å²) in [5.74, 6) is -1.61. The molecule has 0 aliphatic heterocycles. The highest BCUT2D eigenvalue weighted by Gasteiger charge is 2.28. The van der Waals surface area contributed by atoms with Gasteiger partial charge >= 0.3 is 5.97 Å². The molecule has 0 aliphatic rings. The molecule has 1 N–H and O–H groups in total. The molecule has 84 valence electrons. The lowest BCUT2D eigenvalue weighted by Gasteiger charge is -2.11. The average molecular weight is 231 g/mol. The molecule has 5 heteroatoms. The fourth-order valence-corrected chi connectivity index (χ4v) is 2.37. The van der Waals surface area contributed by atoms with E-state index in [0.29, 0.717) is 15.6 Å². The van der Waals surface area contributed by atoms with Gasteiger partial charge in [-0.3, -0.25) is 4.79 Å². The topological polar surface area (TPSA) is 50.2 Å². The molecule has 1 rings (SSSR count). The Balaban J connectivity index is 3.11. The largest absolute Gasteiger partial charge is 0.481 e. The van der Waals surface area contributed by atoms with Crippen LogP contribution in [0.25, 0.3) is 0 Å². The molecule has 0 spiro atoms. The highest BCUT2D eigenvalue weighted by Crippen LogP contribution is 2.35. The van der Waals surface area contributed by atoms with E-state index >= 15 is 0 Å². The highest BCUT2D eigenvalue weighted by molar-refractivity contribution is 7.12. The van der Waals surface area contributed by atoms with Crippen LogP contribution in [0.4, 0.5) is 4.39 Å². The van der Waals surface area contributed by atoms with Gasteiger partial charge in [-0.05, 0) is 27.7 Å². The number of alkyl halides is 1. The number of halogens is 1. The maximum absolute atomic E-state index is 13.7. The summed E-state index contributed by atoms with van der Waals surface area (Å²) in [6.07, 6.45) is 0. The molecular weight excluding hydrogens is 217 g/mol. The van der Waals surface area contributed by atoms with Crippen LogP contribution in [0.15, 0.2) is 0 Å². The number of hydrogen-bond acceptors (Lipinski definition) is 3. The van der Waals surface area contributed by atoms with E-state index in [1.807, 2.05) is 0 Å². The number of rotatable bonds is 3. The molecule has 1 atom stereocenters. The normalized spacial score (nSPS) is 13.9. The van der Waals surface area contributed by atoms with E-state index < -0.39 is 17.6 Å². The predicted molar refractivity (Wildman–Crippen MR) is 57.0 cm³/mol. The number of hydrogen-bond donors (Lipinski definition) is 1. The Labute approximate surface area is 92.0 Å². The zero-order valence-electron chi connectivity index (χ0n) is 9.17. The number of carboxylic acid groups (broad SMARTS) is 1. The molecule has 0 aromatic carbocycles. The lowest BCUT2D eigenvalue weighted by Crippen LogP contribution is -2.07. The first-order valence-electron chi connectivity index (χ1n) is 4.63. The standard InChI is InChI=1S/C10H14FNO2S/c1-5(9(13)14)8-12-6(2)7(15-8)10(3,4)11/h5H,1-4H3,(H,13,14). The Hall–Kier alpha value is -0.970. The van der Waals surface area contributed by atoms with Crippen LogP contribution < -0.4 is 0 Å². The van der Waals surface area contributed by atoms with E-state index in [2.05, 4.69) is 4.98 Å². The van der Waals surface area contributed by atoms with E-state index in [0.717, 1.165) is 11.3 Å². The molecule has 0 fully saturated rings. The number of aliphatic carboxylic acids is 1. The summed E-state index contributed by atoms with van der Waals surface area (Å²) in [7, 11) is 0. The van der Waals surface area contributed by atoms with Gasteiger partial charge in [-0.1, -0.05) is 0 Å². The Bertz CT molecular complexity index is 381. The molecule has 1 aromatic rings. The van der Waals surface area contributed by atoms with E-state index in [4.69, 9.17) is 5.11 Å². The van der Waals surface area contributed by atoms with Gasteiger partial charge < -0.3 is 5.11 Å². The summed E-state index contributed by atoms with van der Waals surface area (Å²) in [6, 6.07) is 0. The average Bonchev–Trinajstić information content (AvgIpc) is 2.44. The molecule has 0 saturated carbocycles. The van der Waals surface area contributed by atoms with Crippen molar-refractivity contribution >= 4 is 17.3 Å². The van der Waals surface area contributed by atoms with Crippen molar-refractivity contribution in [2.45, 2.75) is 39.3 Å². The second kappa shape index (κ2) is 3.89. The van der Waals surface area contributed by atoms with Crippen molar-refractivity contribution in [3.05, 3.63) is 15.6 Å². The molecule has 1 unspecified atom stereocenters. The zero-order chi connectivity index (χ0) is 11.8. The second-order valence-corrected chi connectivity index (χ2v) is 5.03. The molecule has 0 radical (unpaired) electrons. The lowest BCUT2D eigenvalue weighted by molar-refractivity contribution is -0.138. The van der Waals surface area contributed by atoms with Crippen molar-refractivity contribution in [1.82, 2.24) is 4.98 Å². The maximum Gasteiger partial charge on any atom is 0.313 e. The van der Waals surface area contributed by atoms with Crippen LogP contribution in [0.1, 0.15) is 42.3 Å². The highest BCUT2D eigenvalue weighted by atomic mass is 32.1. The van der Waals surface area contributed by atoms with Crippen LogP contribution >= 0.6 is 11.3 Å². The molecular formula is C10H14FNO2S. The van der Waals surface area contributed by atoms with Gasteiger partial charge in [0.05, 0.1) is 10.6 Å². The molecule has 1 heterocycles. The van der Waals surface area contributed by atoms with Crippen molar-refractivity contribution in [3.8, 4) is 0 Å². The lowest BCUT2D eigenvalue weighted by atomic mass is 10.1. The van der Waals surface area contributed by atoms with Crippen molar-refractivity contribution < 1.29 is 14.3 Å². The van der Waals surface area contributed by atoms with Crippen molar-refractivity contribution in [3.63, 3.8) is 0 Å². The van der Waals surface area contributed by atoms with Gasteiger partial charge in [-0.25, -0.2) is 9.37 Å². The first-order valence-corrected chi connectivity index (χ1v) is 5.44. The van der Waals surface area contributed by atoms with Gasteiger partial charge in [0.25, 0.3) is 0 Å². The minimum Gasteiger partial charge on any atom is -0.481 e. The summed E-state index contributed by atoms with van der Waals surface area (Å²) >= 11 is 1.14. The number of thiazole rings is 1. The van der Waals surface area contributed by atoms with Crippen LogP contribution in [0.3, 0.4) is 0 Å². The van der Waals surface area contributed by atoms with Gasteiger partial charge in [0, 0.05) is 0 Å². The monoisotopic (exact) mass is 231 g/mol. The number of aryl methyl sites for hydroxylation is 1. The Kier molecular flexibility index (Phi) is 3.13. The fraction of sp³-hybridized carbons (Fsp3) is 0.600. The SMILES string of the molecule is Cc1nc(C(C)C(=O)O)sc1C(C)(C)F. The number of aromatic nitrogens is 1. The third-order valence-corrected chi connectivity index (χ3v) is 3.73. The second-order valence-electron chi connectivity index (χ2n) is 4.00. The Morgan fingerprint density at radius 2 is 2.13 bits per heavy atom. The first kappa shape index (κ1) is 12.1. The summed E-state index contributed by atoms with van der Waals surface area (Å²) in [6.45, 7) is 6.15. The third kappa shape index (κ3) is 2.53. The van der Waals surface area contributed by atoms with Crippen molar-refractivity contribution in [2.75, 3.05) is 0 Å². The summed E-state index contributed by atoms with van der Waals surface area (Å²) in [5, 5.41) is 9.27. The number of carbonyl (C=O) groups is 1. The zero-order valence-corrected chi connectivity index (χ0v) is 9.98. The summed E-state index contributed by atoms with van der Waals surface area (Å²) in [5.41, 5.74) is -0.881. The smallest absolute Gasteiger partial charge is 0.313 e. The fourth-order valence-electron chi connectivity index (χ4n) is 1.26. The molecule has 0 amide bonds. The molecule has 3 nitrogen and oxygen atoms in total. The van der Waals surface area contributed by atoms with Crippen LogP contribution in [0, 0.1) is 6.92 Å². The first-order chi connectivity index (χ1) is 6.73. The minimum atomic E-state index is -1.46. The molecule has 1 aromatic heterocycles. The third-order valence-electron chi connectivity index (χ3n) is 2.09. The van der Waals surface area contributed by atoms with E-state index in [-0.39, 0.29) is 0 Å². The van der Waals surface area contributed by atoms with Crippen molar-refractivity contribution in [2.24, 2.45) is 0 Å². The number of nitrogens with zero attached hydrogens (tertiary/aromatic N) is 1. The number of carboxylic acids is 1. The van der Waals surface area contributed by atoms with Gasteiger partial charge in [-0.2, -0.15) is 0 Å². The van der Waals surface area contributed by atoms with Gasteiger partial charge in [0.1, 0.15) is 16.6 Å². The summed E-state index contributed by atoms with van der Waals surface area (Å²) < 4.78 is 13.7. The Morgan fingerprint density at radius 1 is 1.60 bits per heavy atom. The van der Waals surface area contributed by atoms with Crippen LogP contribution in [-0.4, -0.2) is 16.1 Å². The van der Waals surface area contributed by atoms with Crippen LogP contribution in [-0.2, 0) is 10.5 Å². The molecule has 0 aliphatic carbocycles. The van der Waals surface area contributed by atoms with E-state index in [9.17, 15) is 9.18 Å². The molecule has 15 heavy (non-hydrogen) atoms. The van der Waals surface area contributed by atoms with E-state index in [1.54, 1.807) is 13.8 Å². The van der Waals surface area contributed by atoms with Gasteiger partial charge in [-0.15, -0.1) is 11.3 Å². The van der Waals surface area contributed by atoms with E-state index in [1.165, 1.54) is 13.8 Å². The van der Waals surface area contributed by atoms with Crippen molar-refractivity contribution in [1.29, 1.82) is 0 Å². The van der Waals surface area contributed by atoms with Gasteiger partial charge in [0.2, 0.25) is 0 Å². The maximum atomic E-state index is 13.7. The minimum absolute atomic E-state index is 0.459. The van der Waals surface area contributed by atoms with Crippen LogP contribution in [0.5, 0.6) is 0 Å². The molecule has 0 saturated heterocycles. The summed E-state index contributed by atoms with van der Waals surface area (Å²) in [4.78, 5) is 15.3. The Morgan fingerprint density at radius 3 is 2.47 bits per heavy atom. The predicted octanol–water partition coefficient (Wildman–Crippen LogP) is 2.84. The van der Waals surface area contributed by atoms with Crippen LogP contribution in [0.2, 0.25) is 0 Å². The molecule has 0 bridgehead atoms. The quantitative estimate of drug-likeness (QED) is 0.870.